The fourth-order valence-electron chi connectivity index (χ4n) is 3.54. The van der Waals surface area contributed by atoms with E-state index in [0.29, 0.717) is 6.61 Å². The molecule has 1 aromatic rings. The lowest BCUT2D eigenvalue weighted by Crippen LogP contribution is -2.47. The molecule has 1 unspecified atom stereocenters. The summed E-state index contributed by atoms with van der Waals surface area (Å²) in [4.78, 5) is 3.06. The Labute approximate surface area is 185 Å². The molecule has 0 aliphatic carbocycles. The Balaban J connectivity index is 1.78. The second kappa shape index (κ2) is 9.19. The molecule has 2 aliphatic heterocycles. The van der Waals surface area contributed by atoms with Crippen molar-refractivity contribution in [3.63, 3.8) is 0 Å². The third kappa shape index (κ3) is 5.67. The van der Waals surface area contributed by atoms with E-state index in [1.807, 2.05) is 44.2 Å². The maximum absolute atomic E-state index is 9.22. The maximum Gasteiger partial charge on any atom is 0.191 e. The van der Waals surface area contributed by atoms with Crippen molar-refractivity contribution in [2.45, 2.75) is 95.8 Å². The molecule has 0 N–H and O–H groups in total. The average Bonchev–Trinajstić information content (AvgIpc) is 3.15. The van der Waals surface area contributed by atoms with E-state index in [9.17, 15) is 5.53 Å². The van der Waals surface area contributed by atoms with Gasteiger partial charge >= 0.3 is 0 Å². The van der Waals surface area contributed by atoms with Gasteiger partial charge in [0.05, 0.1) is 12.6 Å². The van der Waals surface area contributed by atoms with Crippen molar-refractivity contribution >= 4 is 8.32 Å². The Kier molecular flexibility index (Phi) is 7.17. The van der Waals surface area contributed by atoms with E-state index in [2.05, 4.69) is 43.9 Å². The van der Waals surface area contributed by atoms with Gasteiger partial charge in [-0.15, -0.1) is 0 Å². The number of nitrogens with zero attached hydrogens (tertiary/aromatic N) is 3. The highest BCUT2D eigenvalue weighted by atomic mass is 28.4. The van der Waals surface area contributed by atoms with E-state index in [4.69, 9.17) is 23.4 Å². The van der Waals surface area contributed by atoms with Crippen molar-refractivity contribution in [3.05, 3.63) is 46.3 Å². The molecule has 172 valence electrons. The zero-order valence-electron chi connectivity index (χ0n) is 19.6. The van der Waals surface area contributed by atoms with E-state index < -0.39 is 44.7 Å². The van der Waals surface area contributed by atoms with Crippen molar-refractivity contribution in [2.24, 2.45) is 5.11 Å². The molecule has 0 amide bonds. The van der Waals surface area contributed by atoms with Gasteiger partial charge in [0.2, 0.25) is 0 Å². The normalized spacial score (nSPS) is 28.7. The lowest BCUT2D eigenvalue weighted by molar-refractivity contribution is -0.222. The van der Waals surface area contributed by atoms with Gasteiger partial charge in [-0.3, -0.25) is 0 Å². The Morgan fingerprint density at radius 2 is 1.87 bits per heavy atom. The van der Waals surface area contributed by atoms with Gasteiger partial charge in [-0.05, 0) is 43.1 Å². The van der Waals surface area contributed by atoms with E-state index in [1.165, 1.54) is 0 Å². The summed E-state index contributed by atoms with van der Waals surface area (Å²) in [5.41, 5.74) is 10.3. The molecule has 1 aromatic carbocycles. The number of azide groups is 1. The first-order valence-electron chi connectivity index (χ1n) is 10.8. The summed E-state index contributed by atoms with van der Waals surface area (Å²) in [6, 6.07) is 9.36. The Hall–Kier alpha value is -1.45. The highest BCUT2D eigenvalue weighted by molar-refractivity contribution is 6.74. The minimum atomic E-state index is -2.03. The summed E-state index contributed by atoms with van der Waals surface area (Å²) in [6.07, 6.45) is -1.97. The molecule has 31 heavy (non-hydrogen) atoms. The van der Waals surface area contributed by atoms with Crippen LogP contribution in [0.1, 0.15) is 40.2 Å². The second-order valence-corrected chi connectivity index (χ2v) is 15.0. The molecule has 0 radical (unpaired) electrons. The Bertz CT molecular complexity index is 792. The van der Waals surface area contributed by atoms with E-state index in [1.54, 1.807) is 0 Å². The molecule has 0 saturated carbocycles. The van der Waals surface area contributed by atoms with E-state index in [0.717, 1.165) is 5.56 Å². The van der Waals surface area contributed by atoms with Crippen LogP contribution in [0.25, 0.3) is 10.4 Å². The minimum absolute atomic E-state index is 0.0421. The van der Waals surface area contributed by atoms with Gasteiger partial charge < -0.3 is 23.4 Å². The van der Waals surface area contributed by atoms with Gasteiger partial charge in [0.25, 0.3) is 0 Å². The molecule has 9 heteroatoms. The van der Waals surface area contributed by atoms with Crippen molar-refractivity contribution < 1.29 is 23.4 Å². The van der Waals surface area contributed by atoms with Crippen LogP contribution in [0.2, 0.25) is 18.1 Å². The lowest BCUT2D eigenvalue weighted by Gasteiger charge is -2.38. The third-order valence-electron chi connectivity index (χ3n) is 6.31. The van der Waals surface area contributed by atoms with Crippen LogP contribution in [-0.2, 0) is 30.0 Å². The minimum Gasteiger partial charge on any atom is -0.416 e. The van der Waals surface area contributed by atoms with Crippen LogP contribution in [0.3, 0.4) is 0 Å². The maximum atomic E-state index is 9.22. The number of hydrogen-bond donors (Lipinski definition) is 0. The largest absolute Gasteiger partial charge is 0.416 e. The summed E-state index contributed by atoms with van der Waals surface area (Å²) >= 11 is 0. The molecule has 5 atom stereocenters. The van der Waals surface area contributed by atoms with Crippen LogP contribution in [0.5, 0.6) is 0 Å². The molecule has 2 fully saturated rings. The van der Waals surface area contributed by atoms with Crippen LogP contribution >= 0.6 is 0 Å². The van der Waals surface area contributed by atoms with E-state index >= 15 is 0 Å². The van der Waals surface area contributed by atoms with Gasteiger partial charge in [0, 0.05) is 11.5 Å². The topological polar surface area (TPSA) is 94.9 Å². The number of ether oxygens (including phenoxy) is 4. The molecule has 2 heterocycles. The zero-order valence-corrected chi connectivity index (χ0v) is 20.6. The van der Waals surface area contributed by atoms with Crippen LogP contribution in [0.4, 0.5) is 0 Å². The summed E-state index contributed by atoms with van der Waals surface area (Å²) in [5, 5.41) is 4.06. The Morgan fingerprint density at radius 1 is 1.19 bits per heavy atom. The zero-order chi connectivity index (χ0) is 22.9. The summed E-state index contributed by atoms with van der Waals surface area (Å²) in [5.74, 6) is -0.764. The smallest absolute Gasteiger partial charge is 0.191 e. The first kappa shape index (κ1) is 24.2. The van der Waals surface area contributed by atoms with Crippen LogP contribution in [0, 0.1) is 0 Å². The molecular formula is C22H35N3O5Si. The number of rotatable bonds is 8. The van der Waals surface area contributed by atoms with Crippen molar-refractivity contribution in [1.29, 1.82) is 0 Å². The number of hydrogen-bond acceptors (Lipinski definition) is 6. The SMILES string of the molecule is CC1(C)O[C@H]2O[C@H](C(CO[Si](C)(C)C(C)(C)C)N=[N+]=[N-])[C@H](OCc3ccccc3)[C@H]2O1. The van der Waals surface area contributed by atoms with Crippen LogP contribution in [-0.4, -0.2) is 51.4 Å². The fraction of sp³-hybridized carbons (Fsp3) is 0.727. The van der Waals surface area contributed by atoms with Crippen LogP contribution < -0.4 is 0 Å². The molecule has 0 spiro atoms. The fourth-order valence-corrected chi connectivity index (χ4v) is 4.56. The molecule has 2 aliphatic rings. The van der Waals surface area contributed by atoms with Gasteiger partial charge in [-0.2, -0.15) is 0 Å². The van der Waals surface area contributed by atoms with Gasteiger partial charge in [0.15, 0.2) is 20.4 Å². The van der Waals surface area contributed by atoms with E-state index in [-0.39, 0.29) is 11.6 Å². The Morgan fingerprint density at radius 3 is 2.48 bits per heavy atom. The number of benzene rings is 1. The first-order valence-corrected chi connectivity index (χ1v) is 13.7. The summed E-state index contributed by atoms with van der Waals surface area (Å²) in [6.45, 7) is 15.2. The quantitative estimate of drug-likeness (QED) is 0.237. The standard InChI is InChI=1S/C22H35N3O5Si/c1-21(2,3)31(6,7)27-14-16(24-25-23)17-18(26-13-15-11-9-8-10-12-15)19-20(28-17)30-22(4,5)29-19/h8-12,16-20H,13-14H2,1-7H3/t16?,17-,18+,19-,20-/m1/s1. The van der Waals surface area contributed by atoms with Gasteiger partial charge in [-0.25, -0.2) is 0 Å². The monoisotopic (exact) mass is 449 g/mol. The van der Waals surface area contributed by atoms with Crippen LogP contribution in [0.15, 0.2) is 35.4 Å². The van der Waals surface area contributed by atoms with Crippen molar-refractivity contribution in [2.75, 3.05) is 6.61 Å². The number of fused-ring (bicyclic) bond motifs is 1. The molecule has 0 aromatic heterocycles. The van der Waals surface area contributed by atoms with Gasteiger partial charge in [0.1, 0.15) is 18.3 Å². The molecule has 3 rings (SSSR count). The third-order valence-corrected chi connectivity index (χ3v) is 10.8. The summed E-state index contributed by atoms with van der Waals surface area (Å²) < 4.78 is 30.8. The average molecular weight is 450 g/mol. The van der Waals surface area contributed by atoms with Crippen molar-refractivity contribution in [1.82, 2.24) is 0 Å². The molecule has 2 saturated heterocycles. The predicted molar refractivity (Wildman–Crippen MR) is 120 cm³/mol. The predicted octanol–water partition coefficient (Wildman–Crippen LogP) is 5.15. The van der Waals surface area contributed by atoms with Gasteiger partial charge in [-0.1, -0.05) is 56.2 Å². The highest BCUT2D eigenvalue weighted by Crippen LogP contribution is 2.41. The molecule has 0 bridgehead atoms. The molecular weight excluding hydrogens is 414 g/mol. The highest BCUT2D eigenvalue weighted by Gasteiger charge is 2.57. The summed E-state index contributed by atoms with van der Waals surface area (Å²) in [7, 11) is -2.03. The van der Waals surface area contributed by atoms with Crippen molar-refractivity contribution in [3.8, 4) is 0 Å². The lowest BCUT2D eigenvalue weighted by atomic mass is 10.0. The first-order chi connectivity index (χ1) is 14.4. The second-order valence-electron chi connectivity index (χ2n) is 10.2. The molecule has 8 nitrogen and oxygen atoms in total.